The summed E-state index contributed by atoms with van der Waals surface area (Å²) < 4.78 is 0.922. The Hall–Kier alpha value is -3.25. The summed E-state index contributed by atoms with van der Waals surface area (Å²) in [6, 6.07) is 18.4. The van der Waals surface area contributed by atoms with Crippen LogP contribution >= 0.6 is 15.9 Å². The maximum absolute atomic E-state index is 12.2. The van der Waals surface area contributed by atoms with E-state index < -0.39 is 0 Å². The number of hydrogen-bond donors (Lipinski definition) is 2. The molecule has 0 bridgehead atoms. The molecule has 28 heavy (non-hydrogen) atoms. The molecule has 140 valence electrons. The molecule has 0 aliphatic rings. The van der Waals surface area contributed by atoms with Crippen molar-refractivity contribution in [3.8, 4) is 0 Å². The van der Waals surface area contributed by atoms with Gasteiger partial charge >= 0.3 is 0 Å². The van der Waals surface area contributed by atoms with Crippen LogP contribution in [0.15, 0.2) is 83.6 Å². The van der Waals surface area contributed by atoms with Gasteiger partial charge in [0.05, 0.1) is 5.56 Å². The molecule has 1 aromatic heterocycles. The Balaban J connectivity index is 1.58. The van der Waals surface area contributed by atoms with Crippen molar-refractivity contribution in [2.75, 3.05) is 5.32 Å². The maximum atomic E-state index is 12.2. The predicted molar refractivity (Wildman–Crippen MR) is 114 cm³/mol. The summed E-state index contributed by atoms with van der Waals surface area (Å²) in [4.78, 5) is 28.2. The number of carbonyl (C=O) groups is 2. The van der Waals surface area contributed by atoms with E-state index in [1.54, 1.807) is 30.5 Å². The van der Waals surface area contributed by atoms with Gasteiger partial charge < -0.3 is 10.6 Å². The molecule has 1 heterocycles. The van der Waals surface area contributed by atoms with Crippen LogP contribution in [0.25, 0.3) is 6.08 Å². The van der Waals surface area contributed by atoms with Gasteiger partial charge in [-0.3, -0.25) is 14.6 Å². The Morgan fingerprint density at radius 3 is 2.68 bits per heavy atom. The van der Waals surface area contributed by atoms with Crippen LogP contribution in [0.1, 0.15) is 21.5 Å². The minimum Gasteiger partial charge on any atom is -0.348 e. The van der Waals surface area contributed by atoms with Crippen LogP contribution in [0.3, 0.4) is 0 Å². The van der Waals surface area contributed by atoms with E-state index in [4.69, 9.17) is 0 Å². The van der Waals surface area contributed by atoms with Crippen LogP contribution in [0.2, 0.25) is 0 Å². The second kappa shape index (κ2) is 9.62. The lowest BCUT2D eigenvalue weighted by atomic mass is 10.2. The highest BCUT2D eigenvalue weighted by atomic mass is 79.9. The van der Waals surface area contributed by atoms with E-state index in [1.807, 2.05) is 42.5 Å². The summed E-state index contributed by atoms with van der Waals surface area (Å²) in [5.41, 5.74) is 2.97. The molecule has 3 aromatic rings. The third-order valence-corrected chi connectivity index (χ3v) is 4.61. The van der Waals surface area contributed by atoms with Crippen molar-refractivity contribution in [1.82, 2.24) is 10.3 Å². The largest absolute Gasteiger partial charge is 0.348 e. The summed E-state index contributed by atoms with van der Waals surface area (Å²) in [7, 11) is 0. The number of carbonyl (C=O) groups excluding carboxylic acids is 2. The van der Waals surface area contributed by atoms with Crippen LogP contribution in [0.5, 0.6) is 0 Å². The highest BCUT2D eigenvalue weighted by Gasteiger charge is 2.05. The summed E-state index contributed by atoms with van der Waals surface area (Å²) in [6.45, 7) is 0.351. The molecule has 0 spiro atoms. The number of rotatable bonds is 6. The van der Waals surface area contributed by atoms with Crippen LogP contribution in [-0.2, 0) is 11.3 Å². The second-order valence-electron chi connectivity index (χ2n) is 5.97. The lowest BCUT2D eigenvalue weighted by molar-refractivity contribution is -0.111. The first kappa shape index (κ1) is 19.5. The number of aromatic nitrogens is 1. The molecule has 0 aliphatic carbocycles. The molecular weight excluding hydrogens is 418 g/mol. The van der Waals surface area contributed by atoms with Crippen molar-refractivity contribution in [3.63, 3.8) is 0 Å². The highest BCUT2D eigenvalue weighted by molar-refractivity contribution is 9.10. The fourth-order valence-electron chi connectivity index (χ4n) is 2.50. The zero-order chi connectivity index (χ0) is 19.8. The molecule has 0 saturated carbocycles. The number of nitrogens with zero attached hydrogens (tertiary/aromatic N) is 1. The van der Waals surface area contributed by atoms with Gasteiger partial charge in [-0.25, -0.2) is 0 Å². The molecule has 0 aliphatic heterocycles. The van der Waals surface area contributed by atoms with Crippen molar-refractivity contribution < 1.29 is 9.59 Å². The van der Waals surface area contributed by atoms with Crippen LogP contribution in [-0.4, -0.2) is 16.8 Å². The molecule has 0 radical (unpaired) electrons. The van der Waals surface area contributed by atoms with Crippen molar-refractivity contribution in [3.05, 3.63) is 100 Å². The minimum atomic E-state index is -0.229. The van der Waals surface area contributed by atoms with E-state index in [9.17, 15) is 9.59 Å². The molecule has 0 atom stereocenters. The van der Waals surface area contributed by atoms with Gasteiger partial charge in [0.15, 0.2) is 0 Å². The molecule has 0 fully saturated rings. The van der Waals surface area contributed by atoms with Gasteiger partial charge in [-0.05, 0) is 47.5 Å². The van der Waals surface area contributed by atoms with E-state index in [0.29, 0.717) is 17.8 Å². The van der Waals surface area contributed by atoms with Crippen LogP contribution in [0, 0.1) is 0 Å². The van der Waals surface area contributed by atoms with Crippen LogP contribution < -0.4 is 10.6 Å². The fraction of sp³-hybridized carbons (Fsp3) is 0.0455. The van der Waals surface area contributed by atoms with E-state index in [2.05, 4.69) is 31.5 Å². The van der Waals surface area contributed by atoms with E-state index in [1.165, 1.54) is 12.3 Å². The highest BCUT2D eigenvalue weighted by Crippen LogP contribution is 2.17. The molecule has 3 rings (SSSR count). The number of pyridine rings is 1. The molecular formula is C22H18BrN3O2. The lowest BCUT2D eigenvalue weighted by Gasteiger charge is -2.08. The van der Waals surface area contributed by atoms with E-state index in [0.717, 1.165) is 15.6 Å². The Labute approximate surface area is 171 Å². The van der Waals surface area contributed by atoms with Gasteiger partial charge in [0.2, 0.25) is 5.91 Å². The van der Waals surface area contributed by atoms with Crippen molar-refractivity contribution in [2.24, 2.45) is 0 Å². The molecule has 2 N–H and O–H groups in total. The third kappa shape index (κ3) is 5.62. The Bertz CT molecular complexity index is 1000. The molecule has 0 unspecified atom stereocenters. The average Bonchev–Trinajstić information content (AvgIpc) is 2.72. The van der Waals surface area contributed by atoms with E-state index >= 15 is 0 Å². The zero-order valence-corrected chi connectivity index (χ0v) is 16.5. The number of anilines is 1. The normalized spacial score (nSPS) is 10.6. The molecule has 5 nitrogen and oxygen atoms in total. The van der Waals surface area contributed by atoms with Crippen molar-refractivity contribution in [2.45, 2.75) is 6.54 Å². The predicted octanol–water partition coefficient (Wildman–Crippen LogP) is 4.43. The molecule has 2 aromatic carbocycles. The quantitative estimate of drug-likeness (QED) is 0.562. The van der Waals surface area contributed by atoms with Crippen molar-refractivity contribution >= 4 is 39.5 Å². The smallest absolute Gasteiger partial charge is 0.253 e. The lowest BCUT2D eigenvalue weighted by Crippen LogP contribution is -2.22. The second-order valence-corrected chi connectivity index (χ2v) is 6.82. The van der Waals surface area contributed by atoms with Gasteiger partial charge in [-0.1, -0.05) is 46.3 Å². The number of benzene rings is 2. The average molecular weight is 436 g/mol. The number of halogens is 1. The first-order valence-electron chi connectivity index (χ1n) is 8.62. The minimum absolute atomic E-state index is 0.195. The first-order valence-corrected chi connectivity index (χ1v) is 9.42. The summed E-state index contributed by atoms with van der Waals surface area (Å²) in [5.74, 6) is -0.425. The third-order valence-electron chi connectivity index (χ3n) is 3.89. The Morgan fingerprint density at radius 1 is 1.04 bits per heavy atom. The van der Waals surface area contributed by atoms with Gasteiger partial charge in [0.1, 0.15) is 0 Å². The summed E-state index contributed by atoms with van der Waals surface area (Å²) in [6.07, 6.45) is 6.37. The molecule has 0 saturated heterocycles. The SMILES string of the molecule is O=C(/C=C/c1ccccc1Br)Nc1cccc(CNC(=O)c2cccnc2)c1. The number of nitrogens with one attached hydrogen (secondary N) is 2. The van der Waals surface area contributed by atoms with Gasteiger partial charge in [0, 0.05) is 35.2 Å². The Morgan fingerprint density at radius 2 is 1.89 bits per heavy atom. The zero-order valence-electron chi connectivity index (χ0n) is 14.9. The molecule has 2 amide bonds. The number of hydrogen-bond acceptors (Lipinski definition) is 3. The summed E-state index contributed by atoms with van der Waals surface area (Å²) >= 11 is 3.45. The maximum Gasteiger partial charge on any atom is 0.253 e. The summed E-state index contributed by atoms with van der Waals surface area (Å²) in [5, 5.41) is 5.67. The van der Waals surface area contributed by atoms with Gasteiger partial charge in [0.25, 0.3) is 5.91 Å². The van der Waals surface area contributed by atoms with Crippen LogP contribution in [0.4, 0.5) is 5.69 Å². The van der Waals surface area contributed by atoms with Gasteiger partial charge in [-0.15, -0.1) is 0 Å². The topological polar surface area (TPSA) is 71.1 Å². The van der Waals surface area contributed by atoms with Crippen molar-refractivity contribution in [1.29, 1.82) is 0 Å². The fourth-order valence-corrected chi connectivity index (χ4v) is 2.92. The first-order chi connectivity index (χ1) is 13.6. The monoisotopic (exact) mass is 435 g/mol. The van der Waals surface area contributed by atoms with Gasteiger partial charge in [-0.2, -0.15) is 0 Å². The Kier molecular flexibility index (Phi) is 6.70. The standard InChI is InChI=1S/C22H18BrN3O2/c23-20-9-2-1-6-17(20)10-11-21(27)26-19-8-3-5-16(13-19)14-25-22(28)18-7-4-12-24-15-18/h1-13,15H,14H2,(H,25,28)(H,26,27)/b11-10+. The number of amides is 2. The molecule has 6 heteroatoms. The van der Waals surface area contributed by atoms with E-state index in [-0.39, 0.29) is 11.8 Å².